The van der Waals surface area contributed by atoms with Gasteiger partial charge in [0.15, 0.2) is 0 Å². The van der Waals surface area contributed by atoms with E-state index in [4.69, 9.17) is 0 Å². The van der Waals surface area contributed by atoms with E-state index in [0.29, 0.717) is 22.1 Å². The zero-order valence-corrected chi connectivity index (χ0v) is 14.5. The number of carbonyl (C=O) groups excluding carboxylic acids is 1. The third kappa shape index (κ3) is 3.11. The van der Waals surface area contributed by atoms with Crippen LogP contribution in [0.5, 0.6) is 0 Å². The Morgan fingerprint density at radius 1 is 1.19 bits per heavy atom. The minimum atomic E-state index is -0.451. The molecule has 3 rings (SSSR count). The number of benzene rings is 2. The summed E-state index contributed by atoms with van der Waals surface area (Å²) in [6.45, 7) is 2.97. The number of anilines is 2. The van der Waals surface area contributed by atoms with Crippen LogP contribution in [0.25, 0.3) is 10.8 Å². The van der Waals surface area contributed by atoms with Crippen molar-refractivity contribution in [1.82, 2.24) is 4.57 Å². The lowest BCUT2D eigenvalue weighted by molar-refractivity contribution is -0.115. The maximum Gasteiger partial charge on any atom is 0.258 e. The van der Waals surface area contributed by atoms with Crippen LogP contribution in [0.1, 0.15) is 19.9 Å². The number of aliphatic hydroxyl groups is 1. The number of halogens is 1. The molecular weight excluding hydrogens is 335 g/mol. The summed E-state index contributed by atoms with van der Waals surface area (Å²) in [4.78, 5) is 26.4. The Labute approximate surface area is 149 Å². The first-order valence-electron chi connectivity index (χ1n) is 8.25. The van der Waals surface area contributed by atoms with Gasteiger partial charge in [0.1, 0.15) is 5.82 Å². The van der Waals surface area contributed by atoms with Gasteiger partial charge in [0, 0.05) is 23.9 Å². The molecular formula is C20H19FN2O3. The number of pyridine rings is 1. The van der Waals surface area contributed by atoms with Crippen molar-refractivity contribution in [2.45, 2.75) is 19.9 Å². The molecule has 0 fully saturated rings. The van der Waals surface area contributed by atoms with Gasteiger partial charge >= 0.3 is 0 Å². The maximum atomic E-state index is 13.7. The highest BCUT2D eigenvalue weighted by atomic mass is 19.1. The second-order valence-electron chi connectivity index (χ2n) is 6.13. The van der Waals surface area contributed by atoms with E-state index in [1.165, 1.54) is 34.6 Å². The average molecular weight is 354 g/mol. The van der Waals surface area contributed by atoms with Crippen molar-refractivity contribution in [3.05, 3.63) is 70.9 Å². The standard InChI is InChI=1S/C20H19FN2O3/c1-13(12-24)22-10-9-17-18(20(22)26)7-4-8-19(17)23(14(2)25)16-6-3-5-15(21)11-16/h3-11,13,24H,12H2,1-2H3/t13-/m1/s1. The molecule has 134 valence electrons. The van der Waals surface area contributed by atoms with E-state index < -0.39 is 5.82 Å². The van der Waals surface area contributed by atoms with Crippen LogP contribution in [0, 0.1) is 5.82 Å². The molecule has 0 bridgehead atoms. The largest absolute Gasteiger partial charge is 0.394 e. The van der Waals surface area contributed by atoms with Crippen LogP contribution >= 0.6 is 0 Å². The molecule has 0 aliphatic heterocycles. The molecule has 2 aromatic carbocycles. The molecule has 0 radical (unpaired) electrons. The molecule has 1 heterocycles. The van der Waals surface area contributed by atoms with Crippen molar-refractivity contribution in [2.24, 2.45) is 0 Å². The first kappa shape index (κ1) is 17.8. The third-order valence-electron chi connectivity index (χ3n) is 4.31. The van der Waals surface area contributed by atoms with E-state index in [1.807, 2.05) is 0 Å². The molecule has 1 N–H and O–H groups in total. The van der Waals surface area contributed by atoms with Crippen LogP contribution in [0.15, 0.2) is 59.5 Å². The zero-order valence-electron chi connectivity index (χ0n) is 14.5. The Bertz CT molecular complexity index is 1030. The van der Waals surface area contributed by atoms with E-state index in [9.17, 15) is 19.1 Å². The number of aromatic nitrogens is 1. The summed E-state index contributed by atoms with van der Waals surface area (Å²) in [6.07, 6.45) is 1.60. The minimum Gasteiger partial charge on any atom is -0.394 e. The smallest absolute Gasteiger partial charge is 0.258 e. The van der Waals surface area contributed by atoms with E-state index >= 15 is 0 Å². The summed E-state index contributed by atoms with van der Waals surface area (Å²) in [6, 6.07) is 12.2. The zero-order chi connectivity index (χ0) is 18.8. The van der Waals surface area contributed by atoms with Gasteiger partial charge in [-0.05, 0) is 43.3 Å². The van der Waals surface area contributed by atoms with Crippen molar-refractivity contribution >= 4 is 28.1 Å². The van der Waals surface area contributed by atoms with Crippen LogP contribution in [0.3, 0.4) is 0 Å². The van der Waals surface area contributed by atoms with Gasteiger partial charge < -0.3 is 9.67 Å². The van der Waals surface area contributed by atoms with E-state index in [0.717, 1.165) is 0 Å². The Morgan fingerprint density at radius 3 is 2.58 bits per heavy atom. The molecule has 3 aromatic rings. The Morgan fingerprint density at radius 2 is 1.92 bits per heavy atom. The summed E-state index contributed by atoms with van der Waals surface area (Å²) >= 11 is 0. The highest BCUT2D eigenvalue weighted by molar-refractivity contribution is 6.07. The Hall–Kier alpha value is -2.99. The predicted octanol–water partition coefficient (Wildman–Crippen LogP) is 3.38. The third-order valence-corrected chi connectivity index (χ3v) is 4.31. The fourth-order valence-corrected chi connectivity index (χ4v) is 3.01. The van der Waals surface area contributed by atoms with Crippen molar-refractivity contribution < 1.29 is 14.3 Å². The summed E-state index contributed by atoms with van der Waals surface area (Å²) in [5.41, 5.74) is 0.632. The predicted molar refractivity (Wildman–Crippen MR) is 99.2 cm³/mol. The number of hydrogen-bond acceptors (Lipinski definition) is 3. The molecule has 0 unspecified atom stereocenters. The molecule has 1 atom stereocenters. The van der Waals surface area contributed by atoms with Crippen LogP contribution in [-0.2, 0) is 4.79 Å². The maximum absolute atomic E-state index is 13.7. The molecule has 0 saturated heterocycles. The normalized spacial score (nSPS) is 12.2. The second kappa shape index (κ2) is 7.09. The lowest BCUT2D eigenvalue weighted by atomic mass is 10.1. The van der Waals surface area contributed by atoms with Gasteiger partial charge in [0.05, 0.1) is 24.0 Å². The summed E-state index contributed by atoms with van der Waals surface area (Å²) in [5, 5.41) is 10.3. The van der Waals surface area contributed by atoms with Crippen molar-refractivity contribution in [1.29, 1.82) is 0 Å². The summed E-state index contributed by atoms with van der Waals surface area (Å²) < 4.78 is 15.1. The average Bonchev–Trinajstić information content (AvgIpc) is 2.62. The van der Waals surface area contributed by atoms with Crippen LogP contribution in [0.4, 0.5) is 15.8 Å². The molecule has 0 aliphatic rings. The highest BCUT2D eigenvalue weighted by Gasteiger charge is 2.19. The summed E-state index contributed by atoms with van der Waals surface area (Å²) in [7, 11) is 0. The monoisotopic (exact) mass is 354 g/mol. The molecule has 1 amide bonds. The highest BCUT2D eigenvalue weighted by Crippen LogP contribution is 2.32. The number of rotatable bonds is 4. The lowest BCUT2D eigenvalue weighted by Crippen LogP contribution is -2.26. The second-order valence-corrected chi connectivity index (χ2v) is 6.13. The fraction of sp³-hybridized carbons (Fsp3) is 0.200. The minimum absolute atomic E-state index is 0.159. The van der Waals surface area contributed by atoms with Crippen LogP contribution in [-0.4, -0.2) is 22.2 Å². The Balaban J connectivity index is 2.25. The summed E-state index contributed by atoms with van der Waals surface area (Å²) in [5.74, 6) is -0.746. The van der Waals surface area contributed by atoms with E-state index in [2.05, 4.69) is 0 Å². The Kier molecular flexibility index (Phi) is 4.86. The number of aliphatic hydroxyl groups excluding tert-OH is 1. The van der Waals surface area contributed by atoms with Gasteiger partial charge in [-0.25, -0.2) is 4.39 Å². The number of amides is 1. The van der Waals surface area contributed by atoms with Crippen LogP contribution < -0.4 is 10.5 Å². The topological polar surface area (TPSA) is 62.5 Å². The molecule has 26 heavy (non-hydrogen) atoms. The number of nitrogens with zero attached hydrogens (tertiary/aromatic N) is 2. The molecule has 0 aliphatic carbocycles. The van der Waals surface area contributed by atoms with Crippen LogP contribution in [0.2, 0.25) is 0 Å². The molecule has 0 saturated carbocycles. The molecule has 6 heteroatoms. The quantitative estimate of drug-likeness (QED) is 0.781. The van der Waals surface area contributed by atoms with Gasteiger partial charge in [-0.3, -0.25) is 14.5 Å². The van der Waals surface area contributed by atoms with Gasteiger partial charge in [0.2, 0.25) is 5.91 Å². The van der Waals surface area contributed by atoms with E-state index in [1.54, 1.807) is 43.5 Å². The number of hydrogen-bond donors (Lipinski definition) is 1. The first-order chi connectivity index (χ1) is 12.4. The fourth-order valence-electron chi connectivity index (χ4n) is 3.01. The first-order valence-corrected chi connectivity index (χ1v) is 8.25. The van der Waals surface area contributed by atoms with Crippen molar-refractivity contribution in [2.75, 3.05) is 11.5 Å². The van der Waals surface area contributed by atoms with Gasteiger partial charge in [-0.2, -0.15) is 0 Å². The lowest BCUT2D eigenvalue weighted by Gasteiger charge is -2.23. The van der Waals surface area contributed by atoms with E-state index in [-0.39, 0.29) is 24.1 Å². The van der Waals surface area contributed by atoms with Gasteiger partial charge in [-0.1, -0.05) is 12.1 Å². The molecule has 1 aromatic heterocycles. The molecule has 0 spiro atoms. The van der Waals surface area contributed by atoms with Gasteiger partial charge in [0.25, 0.3) is 5.56 Å². The van der Waals surface area contributed by atoms with Crippen molar-refractivity contribution in [3.8, 4) is 0 Å². The van der Waals surface area contributed by atoms with Crippen molar-refractivity contribution in [3.63, 3.8) is 0 Å². The van der Waals surface area contributed by atoms with Gasteiger partial charge in [-0.15, -0.1) is 0 Å². The molecule has 5 nitrogen and oxygen atoms in total. The number of fused-ring (bicyclic) bond motifs is 1. The SMILES string of the molecule is CC(=O)N(c1cccc(F)c1)c1cccc2c(=O)n([C@H](C)CO)ccc12. The number of carbonyl (C=O) groups is 1.